The normalized spacial score (nSPS) is 26.8. The lowest BCUT2D eigenvalue weighted by molar-refractivity contribution is -0.121. The fraction of sp³-hybridized carbons (Fsp3) is 0.667. The van der Waals surface area contributed by atoms with Crippen molar-refractivity contribution < 1.29 is 23.5 Å². The van der Waals surface area contributed by atoms with Crippen LogP contribution in [0.5, 0.6) is 0 Å². The van der Waals surface area contributed by atoms with E-state index in [0.29, 0.717) is 23.8 Å². The number of amides is 2. The summed E-state index contributed by atoms with van der Waals surface area (Å²) in [5, 5.41) is 3.45. The molecule has 2 saturated carbocycles. The molecular formula is C27H39BrFN3O4SSi. The van der Waals surface area contributed by atoms with Crippen molar-refractivity contribution >= 4 is 52.9 Å². The summed E-state index contributed by atoms with van der Waals surface area (Å²) in [6.45, 7) is 14.5. The molecule has 0 spiro atoms. The van der Waals surface area contributed by atoms with Gasteiger partial charge in [-0.2, -0.15) is 0 Å². The van der Waals surface area contributed by atoms with Crippen molar-refractivity contribution in [2.75, 3.05) is 13.3 Å². The molecule has 11 heteroatoms. The van der Waals surface area contributed by atoms with Crippen molar-refractivity contribution in [3.8, 4) is 0 Å². The third kappa shape index (κ3) is 6.64. The van der Waals surface area contributed by atoms with Gasteiger partial charge in [-0.1, -0.05) is 47.3 Å². The van der Waals surface area contributed by atoms with Crippen molar-refractivity contribution in [2.45, 2.75) is 94.6 Å². The van der Waals surface area contributed by atoms with E-state index in [9.17, 15) is 9.59 Å². The fourth-order valence-corrected chi connectivity index (χ4v) is 7.28. The Hall–Kier alpha value is -1.43. The number of nitrogens with one attached hydrogen (secondary N) is 1. The summed E-state index contributed by atoms with van der Waals surface area (Å²) >= 11 is 4.74. The fourth-order valence-electron chi connectivity index (χ4n) is 4.59. The van der Waals surface area contributed by atoms with Gasteiger partial charge in [0.05, 0.1) is 5.54 Å². The van der Waals surface area contributed by atoms with E-state index in [2.05, 4.69) is 40.9 Å². The van der Waals surface area contributed by atoms with Gasteiger partial charge in [-0.15, -0.1) is 0 Å². The monoisotopic (exact) mass is 627 g/mol. The smallest absolute Gasteiger partial charge is 0.418 e. The van der Waals surface area contributed by atoms with E-state index in [1.54, 1.807) is 32.9 Å². The number of halogens is 2. The molecule has 0 bridgehead atoms. The van der Waals surface area contributed by atoms with Crippen LogP contribution in [0, 0.1) is 11.7 Å². The summed E-state index contributed by atoms with van der Waals surface area (Å²) < 4.78 is 26.9. The highest BCUT2D eigenvalue weighted by Gasteiger charge is 2.71. The second-order valence-electron chi connectivity index (χ2n) is 12.9. The highest BCUT2D eigenvalue weighted by atomic mass is 79.9. The van der Waals surface area contributed by atoms with E-state index in [1.165, 1.54) is 22.7 Å². The largest absolute Gasteiger partial charge is 0.443 e. The van der Waals surface area contributed by atoms with Gasteiger partial charge in [0.2, 0.25) is 5.91 Å². The van der Waals surface area contributed by atoms with Crippen LogP contribution >= 0.6 is 27.7 Å². The molecule has 0 radical (unpaired) electrons. The molecule has 0 aromatic heterocycles. The molecule has 1 heterocycles. The Labute approximate surface area is 238 Å². The van der Waals surface area contributed by atoms with Gasteiger partial charge in [0, 0.05) is 36.7 Å². The van der Waals surface area contributed by atoms with Crippen LogP contribution in [-0.4, -0.2) is 59.9 Å². The molecule has 210 valence electrons. The van der Waals surface area contributed by atoms with E-state index in [4.69, 9.17) is 14.5 Å². The summed E-state index contributed by atoms with van der Waals surface area (Å²) in [5.41, 5.74) is -1.41. The van der Waals surface area contributed by atoms with Crippen molar-refractivity contribution in [2.24, 2.45) is 10.9 Å². The molecular weight excluding hydrogens is 589 g/mol. The number of fused-ring (bicyclic) bond motifs is 1. The summed E-state index contributed by atoms with van der Waals surface area (Å²) in [6, 6.07) is 5.88. The third-order valence-electron chi connectivity index (χ3n) is 7.02. The molecule has 3 aliphatic rings. The Balaban J connectivity index is 1.72. The minimum atomic E-state index is -1.35. The summed E-state index contributed by atoms with van der Waals surface area (Å²) in [7, 11) is -1.35. The minimum Gasteiger partial charge on any atom is -0.443 e. The van der Waals surface area contributed by atoms with Crippen molar-refractivity contribution in [3.63, 3.8) is 0 Å². The lowest BCUT2D eigenvalue weighted by Crippen LogP contribution is -2.49. The predicted octanol–water partition coefficient (Wildman–Crippen LogP) is 6.49. The Kier molecular flexibility index (Phi) is 8.18. The molecule has 1 aliphatic heterocycles. The van der Waals surface area contributed by atoms with Gasteiger partial charge in [0.15, 0.2) is 5.17 Å². The molecule has 1 unspecified atom stereocenters. The van der Waals surface area contributed by atoms with Gasteiger partial charge < -0.3 is 14.8 Å². The topological polar surface area (TPSA) is 80.2 Å². The first-order valence-electron chi connectivity index (χ1n) is 13.2. The molecule has 2 aliphatic carbocycles. The van der Waals surface area contributed by atoms with E-state index in [1.807, 2.05) is 6.92 Å². The Morgan fingerprint density at radius 3 is 2.58 bits per heavy atom. The number of ether oxygens (including phenoxy) is 2. The van der Waals surface area contributed by atoms with Crippen LogP contribution in [-0.2, 0) is 19.8 Å². The molecule has 2 fully saturated rings. The number of rotatable bonds is 8. The molecule has 4 rings (SSSR count). The Morgan fingerprint density at radius 2 is 1.97 bits per heavy atom. The molecule has 38 heavy (non-hydrogen) atoms. The standard InChI is InChI=1S/C27H39BrFN3O4SSi/c1-25(2,3)36-24(34)32(16-35-12-13-38(5,6)7)23-31-26(4,19-14-17(28)8-11-20(19)29)21-15-27(21,37-23)22(33)30-18-9-10-18/h8,11,14,18,21H,9-10,12-13,15-16H2,1-7H3,(H,30,33)/t21?,26-,27+/m1/s1. The Morgan fingerprint density at radius 1 is 1.29 bits per heavy atom. The van der Waals surface area contributed by atoms with Gasteiger partial charge in [0.25, 0.3) is 0 Å². The zero-order valence-electron chi connectivity index (χ0n) is 23.3. The number of nitrogens with zero attached hydrogens (tertiary/aromatic N) is 2. The molecule has 3 atom stereocenters. The number of aliphatic imine (C=N–C) groups is 1. The summed E-state index contributed by atoms with van der Waals surface area (Å²) in [5.74, 6) is -0.697. The van der Waals surface area contributed by atoms with Crippen LogP contribution in [0.25, 0.3) is 0 Å². The average molecular weight is 629 g/mol. The van der Waals surface area contributed by atoms with E-state index in [-0.39, 0.29) is 24.6 Å². The lowest BCUT2D eigenvalue weighted by Gasteiger charge is -2.37. The van der Waals surface area contributed by atoms with E-state index in [0.717, 1.165) is 23.4 Å². The highest BCUT2D eigenvalue weighted by Crippen LogP contribution is 2.67. The number of carbonyl (C=O) groups is 2. The van der Waals surface area contributed by atoms with Crippen molar-refractivity contribution in [3.05, 3.63) is 34.1 Å². The number of benzene rings is 1. The maximum absolute atomic E-state index is 15.3. The van der Waals surface area contributed by atoms with E-state index >= 15 is 4.39 Å². The number of hydrogen-bond acceptors (Lipinski definition) is 6. The van der Waals surface area contributed by atoms with Crippen LogP contribution in [0.3, 0.4) is 0 Å². The SMILES string of the molecule is CC(C)(C)OC(=O)N(COCC[Si](C)(C)C)C1=N[C@](C)(c2cc(Br)ccc2F)C2C[C@]2(C(=O)NC2CC2)S1. The summed E-state index contributed by atoms with van der Waals surface area (Å²) in [4.78, 5) is 33.4. The zero-order chi connectivity index (χ0) is 28.1. The van der Waals surface area contributed by atoms with Gasteiger partial charge in [-0.3, -0.25) is 9.79 Å². The third-order valence-corrected chi connectivity index (χ3v) is 10.7. The molecule has 1 N–H and O–H groups in total. The average Bonchev–Trinajstić information content (AvgIpc) is 3.69. The van der Waals surface area contributed by atoms with E-state index < -0.39 is 35.9 Å². The van der Waals surface area contributed by atoms with Crippen LogP contribution in [0.15, 0.2) is 27.7 Å². The van der Waals surface area contributed by atoms with Gasteiger partial charge >= 0.3 is 6.09 Å². The first-order valence-corrected chi connectivity index (χ1v) is 18.5. The van der Waals surface area contributed by atoms with Crippen LogP contribution < -0.4 is 5.32 Å². The second-order valence-corrected chi connectivity index (χ2v) is 20.8. The minimum absolute atomic E-state index is 0.0622. The highest BCUT2D eigenvalue weighted by molar-refractivity contribution is 9.10. The number of hydrogen-bond donors (Lipinski definition) is 1. The number of thioether (sulfide) groups is 1. The molecule has 0 saturated heterocycles. The van der Waals surface area contributed by atoms with Gasteiger partial charge in [0.1, 0.15) is 22.9 Å². The number of carbonyl (C=O) groups excluding carboxylic acids is 2. The lowest BCUT2D eigenvalue weighted by atomic mass is 9.85. The molecule has 1 aromatic carbocycles. The van der Waals surface area contributed by atoms with Crippen molar-refractivity contribution in [1.82, 2.24) is 10.2 Å². The van der Waals surface area contributed by atoms with Gasteiger partial charge in [-0.25, -0.2) is 14.1 Å². The quantitative estimate of drug-likeness (QED) is 0.202. The number of amidine groups is 1. The zero-order valence-corrected chi connectivity index (χ0v) is 26.7. The second kappa shape index (κ2) is 10.5. The van der Waals surface area contributed by atoms with Crippen LogP contribution in [0.4, 0.5) is 9.18 Å². The Bertz CT molecular complexity index is 1140. The first kappa shape index (κ1) is 29.5. The first-order chi connectivity index (χ1) is 17.5. The maximum atomic E-state index is 15.3. The molecule has 7 nitrogen and oxygen atoms in total. The van der Waals surface area contributed by atoms with Crippen molar-refractivity contribution in [1.29, 1.82) is 0 Å². The maximum Gasteiger partial charge on any atom is 0.418 e. The van der Waals surface area contributed by atoms with Gasteiger partial charge in [-0.05, 0) is 71.2 Å². The molecule has 1 aromatic rings. The molecule has 2 amide bonds. The summed E-state index contributed by atoms with van der Waals surface area (Å²) in [6.07, 6.45) is 1.85. The van der Waals surface area contributed by atoms with Crippen LogP contribution in [0.1, 0.15) is 52.5 Å². The predicted molar refractivity (Wildman–Crippen MR) is 156 cm³/mol. The van der Waals surface area contributed by atoms with Crippen LogP contribution in [0.2, 0.25) is 25.7 Å².